The van der Waals surface area contributed by atoms with E-state index >= 15 is 0 Å². The van der Waals surface area contributed by atoms with Gasteiger partial charge in [-0.05, 0) is 36.2 Å². The fourth-order valence-corrected chi connectivity index (χ4v) is 2.02. The van der Waals surface area contributed by atoms with Crippen LogP contribution < -0.4 is 10.6 Å². The van der Waals surface area contributed by atoms with Gasteiger partial charge in [0, 0.05) is 12.6 Å². The highest BCUT2D eigenvalue weighted by Gasteiger charge is 2.11. The first-order chi connectivity index (χ1) is 9.95. The molecule has 1 aromatic carbocycles. The zero-order valence-electron chi connectivity index (χ0n) is 11.4. The largest absolute Gasteiger partial charge is 0.361 e. The number of carbonyl (C=O) groups excluding carboxylic acids is 1. The van der Waals surface area contributed by atoms with Crippen molar-refractivity contribution in [1.82, 2.24) is 15.2 Å². The SMILES string of the molecule is CC(=O)Nc1cccc(C(C)Nc2nc(Cl)nnc2Cl)c1. The van der Waals surface area contributed by atoms with E-state index in [1.165, 1.54) is 6.92 Å². The summed E-state index contributed by atoms with van der Waals surface area (Å²) < 4.78 is 0. The van der Waals surface area contributed by atoms with Gasteiger partial charge in [0.05, 0.1) is 6.04 Å². The predicted octanol–water partition coefficient (Wildman–Crippen LogP) is 3.31. The first kappa shape index (κ1) is 15.5. The highest BCUT2D eigenvalue weighted by Crippen LogP contribution is 2.24. The summed E-state index contributed by atoms with van der Waals surface area (Å²) in [5.74, 6) is 0.233. The lowest BCUT2D eigenvalue weighted by Crippen LogP contribution is -2.11. The molecule has 1 amide bonds. The van der Waals surface area contributed by atoms with Crippen molar-refractivity contribution in [3.63, 3.8) is 0 Å². The first-order valence-corrected chi connectivity index (χ1v) is 6.91. The average Bonchev–Trinajstić information content (AvgIpc) is 2.42. The van der Waals surface area contributed by atoms with E-state index in [0.717, 1.165) is 11.3 Å². The summed E-state index contributed by atoms with van der Waals surface area (Å²) in [7, 11) is 0. The number of nitrogens with zero attached hydrogens (tertiary/aromatic N) is 3. The van der Waals surface area contributed by atoms with E-state index in [4.69, 9.17) is 23.2 Å². The molecule has 0 spiro atoms. The maximum absolute atomic E-state index is 11.1. The van der Waals surface area contributed by atoms with Crippen molar-refractivity contribution < 1.29 is 4.79 Å². The van der Waals surface area contributed by atoms with E-state index in [2.05, 4.69) is 25.8 Å². The van der Waals surface area contributed by atoms with Gasteiger partial charge in [0.1, 0.15) is 0 Å². The molecule has 0 radical (unpaired) electrons. The summed E-state index contributed by atoms with van der Waals surface area (Å²) in [5.41, 5.74) is 1.67. The molecule has 110 valence electrons. The lowest BCUT2D eigenvalue weighted by Gasteiger charge is -2.16. The molecule has 2 rings (SSSR count). The summed E-state index contributed by atoms with van der Waals surface area (Å²) in [4.78, 5) is 15.1. The number of anilines is 2. The van der Waals surface area contributed by atoms with E-state index in [1.54, 1.807) is 0 Å². The second kappa shape index (κ2) is 6.69. The molecule has 0 aliphatic heterocycles. The van der Waals surface area contributed by atoms with Crippen molar-refractivity contribution in [2.75, 3.05) is 10.6 Å². The topological polar surface area (TPSA) is 79.8 Å². The van der Waals surface area contributed by atoms with Crippen LogP contribution in [0.2, 0.25) is 10.4 Å². The molecule has 0 saturated heterocycles. The van der Waals surface area contributed by atoms with Gasteiger partial charge >= 0.3 is 0 Å². The van der Waals surface area contributed by atoms with Crippen LogP contribution in [0.1, 0.15) is 25.5 Å². The fourth-order valence-electron chi connectivity index (χ4n) is 1.76. The third-order valence-corrected chi connectivity index (χ3v) is 3.09. The Balaban J connectivity index is 2.18. The predicted molar refractivity (Wildman–Crippen MR) is 82.6 cm³/mol. The number of carbonyl (C=O) groups is 1. The second-order valence-corrected chi connectivity index (χ2v) is 5.09. The van der Waals surface area contributed by atoms with Crippen LogP contribution in [-0.4, -0.2) is 21.1 Å². The third-order valence-electron chi connectivity index (χ3n) is 2.68. The molecule has 1 heterocycles. The van der Waals surface area contributed by atoms with E-state index in [1.807, 2.05) is 31.2 Å². The van der Waals surface area contributed by atoms with E-state index < -0.39 is 0 Å². The van der Waals surface area contributed by atoms with Gasteiger partial charge in [-0.15, -0.1) is 10.2 Å². The van der Waals surface area contributed by atoms with Crippen molar-refractivity contribution in [2.45, 2.75) is 19.9 Å². The minimum Gasteiger partial charge on any atom is -0.361 e. The van der Waals surface area contributed by atoms with Gasteiger partial charge in [-0.3, -0.25) is 4.79 Å². The van der Waals surface area contributed by atoms with E-state index in [9.17, 15) is 4.79 Å². The molecule has 0 saturated carbocycles. The number of amides is 1. The highest BCUT2D eigenvalue weighted by molar-refractivity contribution is 6.32. The minimum absolute atomic E-state index is 0.0149. The van der Waals surface area contributed by atoms with Crippen LogP contribution in [0.15, 0.2) is 24.3 Å². The normalized spacial score (nSPS) is 11.8. The van der Waals surface area contributed by atoms with Crippen molar-refractivity contribution in [2.24, 2.45) is 0 Å². The van der Waals surface area contributed by atoms with Crippen LogP contribution in [0.3, 0.4) is 0 Å². The van der Waals surface area contributed by atoms with Gasteiger partial charge in [-0.25, -0.2) is 0 Å². The molecule has 0 fully saturated rings. The molecule has 21 heavy (non-hydrogen) atoms. The quantitative estimate of drug-likeness (QED) is 0.901. The Hall–Kier alpha value is -1.92. The van der Waals surface area contributed by atoms with Crippen LogP contribution >= 0.6 is 23.2 Å². The Labute approximate surface area is 131 Å². The summed E-state index contributed by atoms with van der Waals surface area (Å²) in [6.07, 6.45) is 0. The molecule has 0 aliphatic carbocycles. The standard InChI is InChI=1S/C13H13Cl2N5O/c1-7(16-12-11(14)19-20-13(15)18-12)9-4-3-5-10(6-9)17-8(2)21/h3-7H,1-2H3,(H,17,21)(H,16,18,20). The summed E-state index contributed by atoms with van der Waals surface area (Å²) >= 11 is 11.6. The van der Waals surface area contributed by atoms with Crippen LogP contribution in [-0.2, 0) is 4.79 Å². The number of nitrogens with one attached hydrogen (secondary N) is 2. The van der Waals surface area contributed by atoms with Crippen molar-refractivity contribution in [3.8, 4) is 0 Å². The summed E-state index contributed by atoms with van der Waals surface area (Å²) in [6.45, 7) is 3.39. The van der Waals surface area contributed by atoms with Gasteiger partial charge in [0.25, 0.3) is 0 Å². The summed E-state index contributed by atoms with van der Waals surface area (Å²) in [5, 5.41) is 13.2. The molecular formula is C13H13Cl2N5O. The molecule has 6 nitrogen and oxygen atoms in total. The van der Waals surface area contributed by atoms with Crippen LogP contribution in [0.4, 0.5) is 11.5 Å². The van der Waals surface area contributed by atoms with Crippen LogP contribution in [0.5, 0.6) is 0 Å². The number of halogens is 2. The second-order valence-electron chi connectivity index (χ2n) is 4.39. The molecule has 1 aromatic heterocycles. The van der Waals surface area contributed by atoms with E-state index in [-0.39, 0.29) is 22.4 Å². The third kappa shape index (κ3) is 4.27. The Bertz CT molecular complexity index is 665. The molecule has 0 bridgehead atoms. The van der Waals surface area contributed by atoms with Crippen molar-refractivity contribution in [1.29, 1.82) is 0 Å². The maximum atomic E-state index is 11.1. The van der Waals surface area contributed by atoms with Gasteiger partial charge in [0.2, 0.25) is 11.2 Å². The highest BCUT2D eigenvalue weighted by atomic mass is 35.5. The number of benzene rings is 1. The molecule has 1 atom stereocenters. The molecular weight excluding hydrogens is 313 g/mol. The smallest absolute Gasteiger partial charge is 0.245 e. The van der Waals surface area contributed by atoms with E-state index in [0.29, 0.717) is 5.82 Å². The molecule has 8 heteroatoms. The molecule has 2 aromatic rings. The fraction of sp³-hybridized carbons (Fsp3) is 0.231. The lowest BCUT2D eigenvalue weighted by molar-refractivity contribution is -0.114. The zero-order chi connectivity index (χ0) is 15.4. The maximum Gasteiger partial charge on any atom is 0.245 e. The van der Waals surface area contributed by atoms with Gasteiger partial charge < -0.3 is 10.6 Å². The lowest BCUT2D eigenvalue weighted by atomic mass is 10.1. The van der Waals surface area contributed by atoms with Crippen LogP contribution in [0, 0.1) is 0 Å². The molecule has 2 N–H and O–H groups in total. The number of aromatic nitrogens is 3. The molecule has 1 unspecified atom stereocenters. The Kier molecular flexibility index (Phi) is 4.93. The monoisotopic (exact) mass is 325 g/mol. The van der Waals surface area contributed by atoms with Crippen LogP contribution in [0.25, 0.3) is 0 Å². The number of hydrogen-bond donors (Lipinski definition) is 2. The van der Waals surface area contributed by atoms with Crippen molar-refractivity contribution in [3.05, 3.63) is 40.3 Å². The Morgan fingerprint density at radius 1 is 1.29 bits per heavy atom. The Morgan fingerprint density at radius 2 is 2.05 bits per heavy atom. The average molecular weight is 326 g/mol. The zero-order valence-corrected chi connectivity index (χ0v) is 12.9. The van der Waals surface area contributed by atoms with Gasteiger partial charge in [-0.1, -0.05) is 23.7 Å². The number of hydrogen-bond acceptors (Lipinski definition) is 5. The minimum atomic E-state index is -0.123. The first-order valence-electron chi connectivity index (χ1n) is 6.15. The molecule has 0 aliphatic rings. The Morgan fingerprint density at radius 3 is 2.76 bits per heavy atom. The summed E-state index contributed by atoms with van der Waals surface area (Å²) in [6, 6.07) is 7.35. The number of rotatable bonds is 4. The van der Waals surface area contributed by atoms with Gasteiger partial charge in [-0.2, -0.15) is 4.98 Å². The van der Waals surface area contributed by atoms with Crippen molar-refractivity contribution >= 4 is 40.6 Å². The van der Waals surface area contributed by atoms with Gasteiger partial charge in [0.15, 0.2) is 11.0 Å².